The van der Waals surface area contributed by atoms with Crippen molar-refractivity contribution in [2.75, 3.05) is 19.6 Å². The molecule has 116 valence electrons. The molecular weight excluding hydrogens is 230 g/mol. The summed E-state index contributed by atoms with van der Waals surface area (Å²) in [7, 11) is 0. The molecule has 1 saturated heterocycles. The minimum Gasteiger partial charge on any atom is -0.303 e. The lowest BCUT2D eigenvalue weighted by molar-refractivity contribution is 0.0955. The molecule has 1 rings (SSSR count). The fourth-order valence-electron chi connectivity index (χ4n) is 3.30. The molecular formula is C18H39N. The highest BCUT2D eigenvalue weighted by Crippen LogP contribution is 2.37. The van der Waals surface area contributed by atoms with Crippen molar-refractivity contribution >= 4 is 0 Å². The van der Waals surface area contributed by atoms with Crippen LogP contribution in [0.3, 0.4) is 0 Å². The maximum Gasteiger partial charge on any atom is 0.00329 e. The smallest absolute Gasteiger partial charge is 0.00329 e. The Hall–Kier alpha value is -0.0400. The number of nitrogens with zero attached hydrogens (tertiary/aromatic N) is 1. The molecule has 1 aliphatic heterocycles. The van der Waals surface area contributed by atoms with Gasteiger partial charge in [-0.05, 0) is 49.1 Å². The lowest BCUT2D eigenvalue weighted by Gasteiger charge is -2.40. The normalized spacial score (nSPS) is 18.9. The summed E-state index contributed by atoms with van der Waals surface area (Å²) in [5.41, 5.74) is 0.951. The Balaban J connectivity index is 0.00000154. The van der Waals surface area contributed by atoms with Crippen molar-refractivity contribution in [3.05, 3.63) is 0 Å². The number of likely N-dealkylation sites (tertiary alicyclic amines) is 1. The van der Waals surface area contributed by atoms with E-state index >= 15 is 0 Å². The van der Waals surface area contributed by atoms with Crippen molar-refractivity contribution in [2.24, 2.45) is 16.7 Å². The van der Waals surface area contributed by atoms with Crippen LogP contribution in [0.25, 0.3) is 0 Å². The van der Waals surface area contributed by atoms with Gasteiger partial charge in [0.1, 0.15) is 0 Å². The zero-order valence-corrected chi connectivity index (χ0v) is 15.0. The van der Waals surface area contributed by atoms with Gasteiger partial charge < -0.3 is 4.90 Å². The molecule has 1 nitrogen and oxygen atoms in total. The molecule has 1 heteroatoms. The van der Waals surface area contributed by atoms with E-state index < -0.39 is 0 Å². The van der Waals surface area contributed by atoms with Gasteiger partial charge in [0, 0.05) is 6.54 Å². The molecule has 0 aromatic rings. The molecule has 0 amide bonds. The molecule has 0 atom stereocenters. The Morgan fingerprint density at radius 2 is 1.42 bits per heavy atom. The Morgan fingerprint density at radius 3 is 1.84 bits per heavy atom. The van der Waals surface area contributed by atoms with Crippen LogP contribution in [-0.4, -0.2) is 24.5 Å². The monoisotopic (exact) mass is 269 g/mol. The predicted octanol–water partition coefficient (Wildman–Crippen LogP) is 5.60. The topological polar surface area (TPSA) is 3.24 Å². The number of hydrogen-bond donors (Lipinski definition) is 0. The van der Waals surface area contributed by atoms with Gasteiger partial charge in [-0.15, -0.1) is 0 Å². The molecule has 0 aliphatic carbocycles. The van der Waals surface area contributed by atoms with Crippen LogP contribution in [0.2, 0.25) is 0 Å². The van der Waals surface area contributed by atoms with Gasteiger partial charge in [-0.25, -0.2) is 0 Å². The van der Waals surface area contributed by atoms with Crippen molar-refractivity contribution in [1.29, 1.82) is 0 Å². The Labute approximate surface area is 123 Å². The molecule has 0 spiro atoms. The third-order valence-corrected chi connectivity index (χ3v) is 4.44. The fraction of sp³-hybridized carbons (Fsp3) is 1.00. The summed E-state index contributed by atoms with van der Waals surface area (Å²) in [6.45, 7) is 22.3. The molecule has 0 aromatic heterocycles. The van der Waals surface area contributed by atoms with Crippen molar-refractivity contribution in [1.82, 2.24) is 4.90 Å². The van der Waals surface area contributed by atoms with E-state index in [0.29, 0.717) is 10.8 Å². The third kappa shape index (κ3) is 7.97. The second kappa shape index (κ2) is 8.29. The highest BCUT2D eigenvalue weighted by molar-refractivity contribution is 4.82. The average molecular weight is 270 g/mol. The summed E-state index contributed by atoms with van der Waals surface area (Å²) in [5, 5.41) is 0. The predicted molar refractivity (Wildman–Crippen MR) is 88.7 cm³/mol. The highest BCUT2D eigenvalue weighted by Gasteiger charge is 2.30. The zero-order valence-electron chi connectivity index (χ0n) is 15.0. The maximum absolute atomic E-state index is 2.69. The van der Waals surface area contributed by atoms with E-state index in [1.807, 2.05) is 13.8 Å². The molecule has 1 heterocycles. The van der Waals surface area contributed by atoms with Crippen molar-refractivity contribution in [2.45, 2.75) is 81.1 Å². The van der Waals surface area contributed by atoms with Gasteiger partial charge in [-0.2, -0.15) is 0 Å². The zero-order chi connectivity index (χ0) is 15.1. The quantitative estimate of drug-likeness (QED) is 0.628. The SMILES string of the molecule is CC.CCC(C)(C)CC(C)(C)CN1CCC(C)CC1. The van der Waals surface area contributed by atoms with E-state index in [2.05, 4.69) is 46.4 Å². The first kappa shape index (κ1) is 19.0. The van der Waals surface area contributed by atoms with Crippen LogP contribution >= 0.6 is 0 Å². The van der Waals surface area contributed by atoms with Gasteiger partial charge in [-0.3, -0.25) is 0 Å². The molecule has 1 fully saturated rings. The molecule has 0 radical (unpaired) electrons. The van der Waals surface area contributed by atoms with E-state index in [-0.39, 0.29) is 0 Å². The summed E-state index contributed by atoms with van der Waals surface area (Å²) in [6.07, 6.45) is 5.41. The standard InChI is InChI=1S/C16H33N.C2H6/c1-7-15(3,4)12-16(5,6)13-17-10-8-14(2)9-11-17;1-2/h14H,7-13H2,1-6H3;1-2H3. The molecule has 1 aliphatic rings. The van der Waals surface area contributed by atoms with Crippen molar-refractivity contribution < 1.29 is 0 Å². The van der Waals surface area contributed by atoms with Gasteiger partial charge in [0.05, 0.1) is 0 Å². The van der Waals surface area contributed by atoms with Crippen molar-refractivity contribution in [3.8, 4) is 0 Å². The maximum atomic E-state index is 2.69. The number of hydrogen-bond acceptors (Lipinski definition) is 1. The molecule has 0 bridgehead atoms. The fourth-order valence-corrected chi connectivity index (χ4v) is 3.30. The summed E-state index contributed by atoms with van der Waals surface area (Å²) in [5.74, 6) is 0.946. The molecule has 0 aromatic carbocycles. The third-order valence-electron chi connectivity index (χ3n) is 4.44. The lowest BCUT2D eigenvalue weighted by atomic mass is 9.73. The van der Waals surface area contributed by atoms with Crippen molar-refractivity contribution in [3.63, 3.8) is 0 Å². The van der Waals surface area contributed by atoms with Crippen LogP contribution in [-0.2, 0) is 0 Å². The summed E-state index contributed by atoms with van der Waals surface area (Å²) in [4.78, 5) is 2.69. The van der Waals surface area contributed by atoms with E-state index in [1.54, 1.807) is 0 Å². The van der Waals surface area contributed by atoms with Crippen LogP contribution in [0.1, 0.15) is 81.1 Å². The first-order chi connectivity index (χ1) is 8.74. The van der Waals surface area contributed by atoms with E-state index in [1.165, 1.54) is 45.3 Å². The van der Waals surface area contributed by atoms with Gasteiger partial charge in [0.15, 0.2) is 0 Å². The number of rotatable bonds is 5. The second-order valence-corrected chi connectivity index (χ2v) is 7.82. The Bertz CT molecular complexity index is 222. The minimum atomic E-state index is 0.458. The van der Waals surface area contributed by atoms with E-state index in [9.17, 15) is 0 Å². The van der Waals surface area contributed by atoms with Crippen LogP contribution in [0, 0.1) is 16.7 Å². The van der Waals surface area contributed by atoms with Gasteiger partial charge in [0.25, 0.3) is 0 Å². The summed E-state index contributed by atoms with van der Waals surface area (Å²) < 4.78 is 0. The Kier molecular flexibility index (Phi) is 8.27. The van der Waals surface area contributed by atoms with Gasteiger partial charge in [0.2, 0.25) is 0 Å². The van der Waals surface area contributed by atoms with Crippen LogP contribution in [0.15, 0.2) is 0 Å². The van der Waals surface area contributed by atoms with Gasteiger partial charge >= 0.3 is 0 Å². The first-order valence-electron chi connectivity index (χ1n) is 8.46. The lowest BCUT2D eigenvalue weighted by Crippen LogP contribution is -2.41. The van der Waals surface area contributed by atoms with E-state index in [0.717, 1.165) is 5.92 Å². The summed E-state index contributed by atoms with van der Waals surface area (Å²) >= 11 is 0. The second-order valence-electron chi connectivity index (χ2n) is 7.82. The van der Waals surface area contributed by atoms with Crippen LogP contribution in [0.4, 0.5) is 0 Å². The molecule has 0 saturated carbocycles. The molecule has 0 unspecified atom stereocenters. The average Bonchev–Trinajstić information content (AvgIpc) is 2.33. The van der Waals surface area contributed by atoms with Crippen LogP contribution < -0.4 is 0 Å². The molecule has 0 N–H and O–H groups in total. The van der Waals surface area contributed by atoms with E-state index in [4.69, 9.17) is 0 Å². The van der Waals surface area contributed by atoms with Gasteiger partial charge in [-0.1, -0.05) is 61.8 Å². The Morgan fingerprint density at radius 1 is 0.947 bits per heavy atom. The molecule has 19 heavy (non-hydrogen) atoms. The highest BCUT2D eigenvalue weighted by atomic mass is 15.1. The number of piperidine rings is 1. The van der Waals surface area contributed by atoms with Crippen LogP contribution in [0.5, 0.6) is 0 Å². The largest absolute Gasteiger partial charge is 0.303 e. The summed E-state index contributed by atoms with van der Waals surface area (Å²) in [6, 6.07) is 0. The first-order valence-corrected chi connectivity index (χ1v) is 8.46. The minimum absolute atomic E-state index is 0.458.